The summed E-state index contributed by atoms with van der Waals surface area (Å²) in [7, 11) is 0. The highest BCUT2D eigenvalue weighted by Gasteiger charge is 2.43. The van der Waals surface area contributed by atoms with Gasteiger partial charge >= 0.3 is 0 Å². The number of benzene rings is 2. The number of amides is 2. The average molecular weight is 392 g/mol. The number of hydrogen-bond acceptors (Lipinski definition) is 3. The number of nitrogens with zero attached hydrogens (tertiary/aromatic N) is 2. The number of nitrogens with two attached hydrogens (primary N) is 1. The van der Waals surface area contributed by atoms with E-state index >= 15 is 4.39 Å². The molecule has 0 unspecified atom stereocenters. The lowest BCUT2D eigenvalue weighted by Crippen LogP contribution is -2.38. The minimum atomic E-state index is -0.673. The summed E-state index contributed by atoms with van der Waals surface area (Å²) >= 11 is 0. The molecule has 2 amide bonds. The van der Waals surface area contributed by atoms with E-state index in [1.807, 2.05) is 34.1 Å². The number of halogens is 1. The van der Waals surface area contributed by atoms with Crippen LogP contribution >= 0.6 is 0 Å². The highest BCUT2D eigenvalue weighted by atomic mass is 19.1. The van der Waals surface area contributed by atoms with Gasteiger partial charge in [-0.15, -0.1) is 0 Å². The molecule has 29 heavy (non-hydrogen) atoms. The highest BCUT2D eigenvalue weighted by Crippen LogP contribution is 2.42. The second-order valence-corrected chi connectivity index (χ2v) is 7.80. The zero-order valence-corrected chi connectivity index (χ0v) is 15.8. The Hall–Kier alpha value is -3.35. The Morgan fingerprint density at radius 1 is 1.28 bits per heavy atom. The van der Waals surface area contributed by atoms with Crippen LogP contribution in [-0.2, 0) is 4.79 Å². The summed E-state index contributed by atoms with van der Waals surface area (Å²) in [6.07, 6.45) is 2.23. The van der Waals surface area contributed by atoms with Gasteiger partial charge in [0.15, 0.2) is 0 Å². The van der Waals surface area contributed by atoms with Crippen LogP contribution in [0.25, 0.3) is 21.8 Å². The molecule has 6 nitrogen and oxygen atoms in total. The smallest absolute Gasteiger partial charge is 0.250 e. The Morgan fingerprint density at radius 2 is 2.07 bits per heavy atom. The molecule has 1 aromatic heterocycles. The maximum Gasteiger partial charge on any atom is 0.250 e. The summed E-state index contributed by atoms with van der Waals surface area (Å²) in [6, 6.07) is 8.83. The SMILES string of the molecule is C=CC(=O)N1CC[C@@H]2CN(c3c(F)cc(C(N)=O)c4[nH]c5ccccc5c34)C[C@@H]21. The van der Waals surface area contributed by atoms with E-state index in [0.717, 1.165) is 17.3 Å². The molecule has 2 fully saturated rings. The number of likely N-dealkylation sites (tertiary alicyclic amines) is 1. The van der Waals surface area contributed by atoms with Crippen molar-refractivity contribution in [2.45, 2.75) is 12.5 Å². The van der Waals surface area contributed by atoms with Crippen molar-refractivity contribution in [3.63, 3.8) is 0 Å². The van der Waals surface area contributed by atoms with Crippen molar-refractivity contribution in [1.29, 1.82) is 0 Å². The predicted molar refractivity (Wildman–Crippen MR) is 110 cm³/mol. The number of nitrogens with one attached hydrogen (secondary N) is 1. The average Bonchev–Trinajstić information content (AvgIpc) is 3.39. The summed E-state index contributed by atoms with van der Waals surface area (Å²) < 4.78 is 15.3. The third-order valence-corrected chi connectivity index (χ3v) is 6.30. The van der Waals surface area contributed by atoms with Crippen LogP contribution in [0.3, 0.4) is 0 Å². The summed E-state index contributed by atoms with van der Waals surface area (Å²) in [6.45, 7) is 5.51. The Kier molecular flexibility index (Phi) is 3.87. The molecule has 2 saturated heterocycles. The van der Waals surface area contributed by atoms with Crippen LogP contribution in [0.4, 0.5) is 10.1 Å². The zero-order valence-electron chi connectivity index (χ0n) is 15.8. The number of aromatic amines is 1. The molecule has 0 aliphatic carbocycles. The van der Waals surface area contributed by atoms with Gasteiger partial charge in [0.1, 0.15) is 5.82 Å². The minimum Gasteiger partial charge on any atom is -0.366 e. The number of rotatable bonds is 3. The van der Waals surface area contributed by atoms with E-state index in [2.05, 4.69) is 11.6 Å². The number of carbonyl (C=O) groups excluding carboxylic acids is 2. The van der Waals surface area contributed by atoms with Crippen LogP contribution in [-0.4, -0.2) is 47.4 Å². The third-order valence-electron chi connectivity index (χ3n) is 6.30. The summed E-state index contributed by atoms with van der Waals surface area (Å²) in [5.41, 5.74) is 7.49. The van der Waals surface area contributed by atoms with Gasteiger partial charge in [0.2, 0.25) is 5.91 Å². The van der Waals surface area contributed by atoms with E-state index in [-0.39, 0.29) is 23.4 Å². The fourth-order valence-electron chi connectivity index (χ4n) is 5.02. The van der Waals surface area contributed by atoms with Gasteiger partial charge in [-0.25, -0.2) is 4.39 Å². The summed E-state index contributed by atoms with van der Waals surface area (Å²) in [5, 5.41) is 1.51. The molecule has 2 aromatic carbocycles. The van der Waals surface area contributed by atoms with E-state index in [9.17, 15) is 9.59 Å². The van der Waals surface area contributed by atoms with Gasteiger partial charge in [0, 0.05) is 41.8 Å². The lowest BCUT2D eigenvalue weighted by molar-refractivity contribution is -0.126. The first-order valence-corrected chi connectivity index (χ1v) is 9.70. The molecular weight excluding hydrogens is 371 g/mol. The van der Waals surface area contributed by atoms with E-state index in [4.69, 9.17) is 5.73 Å². The Bertz CT molecular complexity index is 1180. The van der Waals surface area contributed by atoms with E-state index in [1.165, 1.54) is 12.1 Å². The Balaban J connectivity index is 1.67. The molecular formula is C22H21FN4O2. The lowest BCUT2D eigenvalue weighted by Gasteiger charge is -2.26. The molecule has 3 heterocycles. The molecule has 0 spiro atoms. The van der Waals surface area contributed by atoms with Gasteiger partial charge < -0.3 is 20.5 Å². The number of primary amides is 1. The van der Waals surface area contributed by atoms with Gasteiger partial charge in [-0.05, 0) is 24.6 Å². The van der Waals surface area contributed by atoms with Crippen LogP contribution in [0.1, 0.15) is 16.8 Å². The second kappa shape index (κ2) is 6.34. The Morgan fingerprint density at radius 3 is 2.83 bits per heavy atom. The third kappa shape index (κ3) is 2.53. The summed E-state index contributed by atoms with van der Waals surface area (Å²) in [5.74, 6) is -0.943. The van der Waals surface area contributed by atoms with Gasteiger partial charge in [0.05, 0.1) is 22.8 Å². The topological polar surface area (TPSA) is 82.4 Å². The summed E-state index contributed by atoms with van der Waals surface area (Å²) in [4.78, 5) is 31.2. The maximum atomic E-state index is 15.3. The van der Waals surface area contributed by atoms with Crippen molar-refractivity contribution in [1.82, 2.24) is 9.88 Å². The minimum absolute atomic E-state index is 0.0379. The first kappa shape index (κ1) is 17.7. The van der Waals surface area contributed by atoms with Crippen molar-refractivity contribution in [3.8, 4) is 0 Å². The number of carbonyl (C=O) groups is 2. The quantitative estimate of drug-likeness (QED) is 0.673. The molecule has 0 bridgehead atoms. The maximum absolute atomic E-state index is 15.3. The van der Waals surface area contributed by atoms with Crippen LogP contribution in [0.15, 0.2) is 43.0 Å². The lowest BCUT2D eigenvalue weighted by atomic mass is 10.0. The van der Waals surface area contributed by atoms with Crippen molar-refractivity contribution < 1.29 is 14.0 Å². The molecule has 3 N–H and O–H groups in total. The largest absolute Gasteiger partial charge is 0.366 e. The van der Waals surface area contributed by atoms with Crippen LogP contribution in [0.2, 0.25) is 0 Å². The molecule has 7 heteroatoms. The van der Waals surface area contributed by atoms with Gasteiger partial charge in [-0.3, -0.25) is 9.59 Å². The van der Waals surface area contributed by atoms with Crippen LogP contribution in [0.5, 0.6) is 0 Å². The molecule has 0 saturated carbocycles. The normalized spacial score (nSPS) is 21.1. The van der Waals surface area contributed by atoms with Crippen molar-refractivity contribution in [3.05, 3.63) is 54.4 Å². The Labute approximate surface area is 166 Å². The van der Waals surface area contributed by atoms with Gasteiger partial charge in [-0.1, -0.05) is 24.8 Å². The van der Waals surface area contributed by atoms with E-state index < -0.39 is 11.7 Å². The zero-order chi connectivity index (χ0) is 20.3. The van der Waals surface area contributed by atoms with E-state index in [1.54, 1.807) is 0 Å². The highest BCUT2D eigenvalue weighted by molar-refractivity contribution is 6.19. The number of fused-ring (bicyclic) bond motifs is 4. The fraction of sp³-hybridized carbons (Fsp3) is 0.273. The molecule has 148 valence electrons. The van der Waals surface area contributed by atoms with E-state index in [0.29, 0.717) is 36.2 Å². The van der Waals surface area contributed by atoms with Crippen LogP contribution in [0, 0.1) is 11.7 Å². The number of H-pyrrole nitrogens is 1. The van der Waals surface area contributed by atoms with Crippen molar-refractivity contribution >= 4 is 39.3 Å². The monoisotopic (exact) mass is 392 g/mol. The molecule has 2 aliphatic heterocycles. The first-order valence-electron chi connectivity index (χ1n) is 9.70. The van der Waals surface area contributed by atoms with Crippen LogP contribution < -0.4 is 10.6 Å². The standard InChI is InChI=1S/C22H21FN4O2/c1-2-18(28)27-8-7-12-10-26(11-17(12)27)21-15(23)9-14(22(24)29)20-19(21)13-5-3-4-6-16(13)25-20/h2-6,9,12,17,25H,1,7-8,10-11H2,(H2,24,29)/t12-,17+/m1/s1. The first-order chi connectivity index (χ1) is 14.0. The number of para-hydroxylation sites is 1. The second-order valence-electron chi connectivity index (χ2n) is 7.80. The molecule has 3 aromatic rings. The van der Waals surface area contributed by atoms with Crippen molar-refractivity contribution in [2.24, 2.45) is 11.7 Å². The number of hydrogen-bond donors (Lipinski definition) is 2. The molecule has 5 rings (SSSR count). The van der Waals surface area contributed by atoms with Crippen molar-refractivity contribution in [2.75, 3.05) is 24.5 Å². The predicted octanol–water partition coefficient (Wildman–Crippen LogP) is 2.78. The van der Waals surface area contributed by atoms with Gasteiger partial charge in [-0.2, -0.15) is 0 Å². The molecule has 2 aliphatic rings. The number of anilines is 1. The molecule has 0 radical (unpaired) electrons. The molecule has 2 atom stereocenters. The van der Waals surface area contributed by atoms with Gasteiger partial charge in [0.25, 0.3) is 5.91 Å². The fourth-order valence-corrected chi connectivity index (χ4v) is 5.02. The number of aromatic nitrogens is 1.